The number of carboxylic acids is 1. The van der Waals surface area contributed by atoms with Crippen molar-refractivity contribution in [1.29, 1.82) is 0 Å². The first kappa shape index (κ1) is 20.4. The lowest BCUT2D eigenvalue weighted by atomic mass is 10.0. The summed E-state index contributed by atoms with van der Waals surface area (Å²) >= 11 is 0. The van der Waals surface area contributed by atoms with E-state index in [0.29, 0.717) is 6.42 Å². The maximum atomic E-state index is 11.0. The molecule has 0 aliphatic carbocycles. The van der Waals surface area contributed by atoms with Gasteiger partial charge in [-0.25, -0.2) is 4.79 Å². The zero-order chi connectivity index (χ0) is 17.6. The van der Waals surface area contributed by atoms with Crippen LogP contribution in [-0.4, -0.2) is 16.9 Å². The van der Waals surface area contributed by atoms with Crippen LogP contribution in [0.5, 0.6) is 0 Å². The Kier molecular flexibility index (Phi) is 10.8. The number of ketones is 1. The molecule has 1 aromatic carbocycles. The predicted molar refractivity (Wildman–Crippen MR) is 98.3 cm³/mol. The van der Waals surface area contributed by atoms with Crippen molar-refractivity contribution in [2.45, 2.75) is 84.0 Å². The molecule has 1 rings (SSSR count). The van der Waals surface area contributed by atoms with Crippen molar-refractivity contribution >= 4 is 11.8 Å². The van der Waals surface area contributed by atoms with Crippen LogP contribution >= 0.6 is 0 Å². The van der Waals surface area contributed by atoms with Crippen LogP contribution in [0.25, 0.3) is 0 Å². The lowest BCUT2D eigenvalue weighted by Crippen LogP contribution is -2.11. The van der Waals surface area contributed by atoms with E-state index < -0.39 is 11.8 Å². The van der Waals surface area contributed by atoms with Gasteiger partial charge in [0.05, 0.1) is 0 Å². The molecule has 0 spiro atoms. The number of carbonyl (C=O) groups excluding carboxylic acids is 1. The van der Waals surface area contributed by atoms with Gasteiger partial charge in [-0.15, -0.1) is 0 Å². The normalized spacial score (nSPS) is 10.7. The third kappa shape index (κ3) is 9.49. The Bertz CT molecular complexity index is 476. The van der Waals surface area contributed by atoms with Crippen LogP contribution in [-0.2, 0) is 22.4 Å². The molecule has 134 valence electrons. The fraction of sp³-hybridized carbons (Fsp3) is 0.619. The van der Waals surface area contributed by atoms with Crippen molar-refractivity contribution in [3.8, 4) is 0 Å². The molecule has 1 aromatic rings. The summed E-state index contributed by atoms with van der Waals surface area (Å²) in [5.74, 6) is -2.00. The van der Waals surface area contributed by atoms with Crippen molar-refractivity contribution in [2.75, 3.05) is 0 Å². The zero-order valence-corrected chi connectivity index (χ0v) is 15.1. The zero-order valence-electron chi connectivity index (χ0n) is 15.1. The third-order valence-electron chi connectivity index (χ3n) is 4.45. The number of unbranched alkanes of at least 4 members (excludes halogenated alkanes) is 7. The van der Waals surface area contributed by atoms with Crippen LogP contribution in [0.15, 0.2) is 24.3 Å². The summed E-state index contributed by atoms with van der Waals surface area (Å²) < 4.78 is 0. The van der Waals surface area contributed by atoms with Gasteiger partial charge in [-0.3, -0.25) is 4.79 Å². The molecule has 0 heterocycles. The molecule has 0 fully saturated rings. The Balaban J connectivity index is 2.12. The van der Waals surface area contributed by atoms with Crippen LogP contribution in [0.3, 0.4) is 0 Å². The smallest absolute Gasteiger partial charge is 0.372 e. The summed E-state index contributed by atoms with van der Waals surface area (Å²) in [5.41, 5.74) is 2.66. The highest BCUT2D eigenvalue weighted by atomic mass is 16.4. The summed E-state index contributed by atoms with van der Waals surface area (Å²) in [6.07, 6.45) is 13.1. The maximum Gasteiger partial charge on any atom is 0.372 e. The van der Waals surface area contributed by atoms with Crippen LogP contribution in [0, 0.1) is 0 Å². The lowest BCUT2D eigenvalue weighted by Gasteiger charge is -2.05. The van der Waals surface area contributed by atoms with Gasteiger partial charge in [-0.2, -0.15) is 0 Å². The Morgan fingerprint density at radius 2 is 1.21 bits per heavy atom. The Morgan fingerprint density at radius 1 is 0.750 bits per heavy atom. The molecule has 1 N–H and O–H groups in total. The first-order valence-corrected chi connectivity index (χ1v) is 9.47. The monoisotopic (exact) mass is 332 g/mol. The standard InChI is InChI=1S/C21H32O3/c1-2-3-4-5-6-7-8-11-18-14-16-19(17-15-18)12-9-10-13-20(22)21(23)24/h14-17H,2-13H2,1H3,(H,23,24). The molecule has 0 unspecified atom stereocenters. The minimum atomic E-state index is -1.32. The number of hydrogen-bond acceptors (Lipinski definition) is 2. The highest BCUT2D eigenvalue weighted by molar-refractivity contribution is 6.32. The van der Waals surface area contributed by atoms with Gasteiger partial charge in [0.2, 0.25) is 5.78 Å². The second kappa shape index (κ2) is 12.7. The Hall–Kier alpha value is -1.64. The minimum Gasteiger partial charge on any atom is -0.476 e. The predicted octanol–water partition coefficient (Wildman–Crippen LogP) is 5.35. The van der Waals surface area contributed by atoms with Crippen LogP contribution in [0.1, 0.15) is 82.3 Å². The van der Waals surface area contributed by atoms with E-state index in [-0.39, 0.29) is 6.42 Å². The Morgan fingerprint density at radius 3 is 1.71 bits per heavy atom. The van der Waals surface area contributed by atoms with Gasteiger partial charge in [0, 0.05) is 6.42 Å². The number of hydrogen-bond donors (Lipinski definition) is 1. The number of carboxylic acid groups (broad SMARTS) is 1. The van der Waals surface area contributed by atoms with Gasteiger partial charge in [0.1, 0.15) is 0 Å². The second-order valence-corrected chi connectivity index (χ2v) is 6.62. The van der Waals surface area contributed by atoms with Crippen molar-refractivity contribution in [3.05, 3.63) is 35.4 Å². The van der Waals surface area contributed by atoms with E-state index in [9.17, 15) is 9.59 Å². The SMILES string of the molecule is CCCCCCCCCc1ccc(CCCCC(=O)C(=O)O)cc1. The summed E-state index contributed by atoms with van der Waals surface area (Å²) in [7, 11) is 0. The van der Waals surface area contributed by atoms with Crippen molar-refractivity contribution in [3.63, 3.8) is 0 Å². The summed E-state index contributed by atoms with van der Waals surface area (Å²) in [6.45, 7) is 2.25. The number of rotatable bonds is 14. The fourth-order valence-electron chi connectivity index (χ4n) is 2.88. The van der Waals surface area contributed by atoms with E-state index in [0.717, 1.165) is 19.3 Å². The molecule has 24 heavy (non-hydrogen) atoms. The maximum absolute atomic E-state index is 11.0. The van der Waals surface area contributed by atoms with Gasteiger partial charge >= 0.3 is 5.97 Å². The average Bonchev–Trinajstić information content (AvgIpc) is 2.58. The van der Waals surface area contributed by atoms with E-state index in [1.807, 2.05) is 0 Å². The molecule has 3 nitrogen and oxygen atoms in total. The summed E-state index contributed by atoms with van der Waals surface area (Å²) in [5, 5.41) is 8.52. The molecule has 0 aromatic heterocycles. The number of Topliss-reactive ketones (excluding diaryl/α,β-unsaturated/α-hetero) is 1. The highest BCUT2D eigenvalue weighted by Gasteiger charge is 2.09. The second-order valence-electron chi connectivity index (χ2n) is 6.62. The third-order valence-corrected chi connectivity index (χ3v) is 4.45. The molecule has 0 atom stereocenters. The van der Waals surface area contributed by atoms with Gasteiger partial charge in [0.15, 0.2) is 0 Å². The highest BCUT2D eigenvalue weighted by Crippen LogP contribution is 2.13. The van der Waals surface area contributed by atoms with Crippen LogP contribution in [0.2, 0.25) is 0 Å². The summed E-state index contributed by atoms with van der Waals surface area (Å²) in [4.78, 5) is 21.4. The first-order valence-electron chi connectivity index (χ1n) is 9.47. The lowest BCUT2D eigenvalue weighted by molar-refractivity contribution is -0.149. The molecular formula is C21H32O3. The Labute approximate surface area is 146 Å². The molecule has 0 radical (unpaired) electrons. The van der Waals surface area contributed by atoms with Crippen molar-refractivity contribution in [2.24, 2.45) is 0 Å². The quantitative estimate of drug-likeness (QED) is 0.369. The van der Waals surface area contributed by atoms with Gasteiger partial charge < -0.3 is 5.11 Å². The molecule has 0 bridgehead atoms. The van der Waals surface area contributed by atoms with Crippen LogP contribution < -0.4 is 0 Å². The average molecular weight is 332 g/mol. The molecule has 0 aliphatic heterocycles. The van der Waals surface area contributed by atoms with Crippen molar-refractivity contribution < 1.29 is 14.7 Å². The van der Waals surface area contributed by atoms with E-state index in [1.54, 1.807) is 0 Å². The minimum absolute atomic E-state index is 0.145. The number of aliphatic carboxylic acids is 1. The first-order chi connectivity index (χ1) is 11.6. The molecule has 0 saturated heterocycles. The number of aryl methyl sites for hydroxylation is 2. The van der Waals surface area contributed by atoms with Crippen LogP contribution in [0.4, 0.5) is 0 Å². The van der Waals surface area contributed by atoms with Gasteiger partial charge in [0.25, 0.3) is 0 Å². The molecule has 0 aliphatic rings. The molecule has 0 amide bonds. The summed E-state index contributed by atoms with van der Waals surface area (Å²) in [6, 6.07) is 8.73. The van der Waals surface area contributed by atoms with E-state index in [4.69, 9.17) is 5.11 Å². The topological polar surface area (TPSA) is 54.4 Å². The van der Waals surface area contributed by atoms with Gasteiger partial charge in [-0.1, -0.05) is 69.7 Å². The van der Waals surface area contributed by atoms with E-state index >= 15 is 0 Å². The molecule has 3 heteroatoms. The van der Waals surface area contributed by atoms with E-state index in [2.05, 4.69) is 31.2 Å². The molecule has 0 saturated carbocycles. The fourth-order valence-corrected chi connectivity index (χ4v) is 2.88. The van der Waals surface area contributed by atoms with Gasteiger partial charge in [-0.05, 0) is 43.2 Å². The largest absolute Gasteiger partial charge is 0.476 e. The number of carbonyl (C=O) groups is 2. The number of benzene rings is 1. The molecular weight excluding hydrogens is 300 g/mol. The van der Waals surface area contributed by atoms with Crippen molar-refractivity contribution in [1.82, 2.24) is 0 Å². The van der Waals surface area contributed by atoms with E-state index in [1.165, 1.54) is 56.1 Å².